The number of aromatic nitrogens is 1. The third kappa shape index (κ3) is 3.96. The average Bonchev–Trinajstić information content (AvgIpc) is 3.23. The van der Waals surface area contributed by atoms with Crippen molar-refractivity contribution in [2.24, 2.45) is 0 Å². The molecular weight excluding hydrogens is 404 g/mol. The summed E-state index contributed by atoms with van der Waals surface area (Å²) in [6.45, 7) is 5.48. The molecule has 1 fully saturated rings. The van der Waals surface area contributed by atoms with E-state index in [4.69, 9.17) is 9.15 Å². The number of amides is 1. The predicted molar refractivity (Wildman–Crippen MR) is 121 cm³/mol. The average molecular weight is 433 g/mol. The summed E-state index contributed by atoms with van der Waals surface area (Å²) >= 11 is 0. The molecule has 2 aliphatic rings. The van der Waals surface area contributed by atoms with E-state index in [9.17, 15) is 9.90 Å². The largest absolute Gasteiger partial charge is 0.449 e. The zero-order valence-corrected chi connectivity index (χ0v) is 18.5. The molecule has 166 valence electrons. The van der Waals surface area contributed by atoms with Gasteiger partial charge in [0.2, 0.25) is 0 Å². The van der Waals surface area contributed by atoms with Crippen LogP contribution in [0.3, 0.4) is 0 Å². The minimum absolute atomic E-state index is 0.0233. The van der Waals surface area contributed by atoms with Gasteiger partial charge in [0.15, 0.2) is 5.89 Å². The second kappa shape index (κ2) is 8.52. The number of oxazole rings is 1. The number of hydrogen-bond donors (Lipinski definition) is 1. The maximum absolute atomic E-state index is 13.3. The molecule has 32 heavy (non-hydrogen) atoms. The summed E-state index contributed by atoms with van der Waals surface area (Å²) in [5, 5.41) is 10.4. The number of aryl methyl sites for hydroxylation is 2. The summed E-state index contributed by atoms with van der Waals surface area (Å²) in [6, 6.07) is 12.4. The molecule has 0 radical (unpaired) electrons. The maximum Gasteiger partial charge on any atom is 0.254 e. The molecular formula is C26H28N2O4. The summed E-state index contributed by atoms with van der Waals surface area (Å²) in [5.41, 5.74) is 7.26. The van der Waals surface area contributed by atoms with E-state index in [1.54, 1.807) is 6.26 Å². The van der Waals surface area contributed by atoms with Crippen molar-refractivity contribution in [1.82, 2.24) is 9.88 Å². The van der Waals surface area contributed by atoms with Gasteiger partial charge in [-0.1, -0.05) is 30.3 Å². The first-order chi connectivity index (χ1) is 15.5. The van der Waals surface area contributed by atoms with Gasteiger partial charge in [-0.25, -0.2) is 4.98 Å². The Kier molecular flexibility index (Phi) is 5.57. The number of carbonyl (C=O) groups is 1. The molecule has 3 heterocycles. The maximum atomic E-state index is 13.3. The summed E-state index contributed by atoms with van der Waals surface area (Å²) in [5.74, 6) is 0.677. The molecule has 1 saturated heterocycles. The van der Waals surface area contributed by atoms with E-state index in [0.29, 0.717) is 32.1 Å². The Bertz CT molecular complexity index is 1140. The van der Waals surface area contributed by atoms with Crippen LogP contribution in [0.1, 0.15) is 44.9 Å². The molecule has 1 amide bonds. The van der Waals surface area contributed by atoms with Gasteiger partial charge < -0.3 is 19.2 Å². The van der Waals surface area contributed by atoms with Crippen molar-refractivity contribution < 1.29 is 19.1 Å². The number of aliphatic hydroxyl groups excluding tert-OH is 1. The summed E-state index contributed by atoms with van der Waals surface area (Å²) in [7, 11) is 0. The van der Waals surface area contributed by atoms with Gasteiger partial charge in [-0.2, -0.15) is 0 Å². The van der Waals surface area contributed by atoms with Crippen LogP contribution in [0, 0.1) is 13.8 Å². The Balaban J connectivity index is 1.38. The molecule has 6 heteroatoms. The van der Waals surface area contributed by atoms with Crippen LogP contribution in [-0.2, 0) is 17.6 Å². The van der Waals surface area contributed by atoms with E-state index < -0.39 is 6.10 Å². The van der Waals surface area contributed by atoms with Gasteiger partial charge in [-0.15, -0.1) is 0 Å². The van der Waals surface area contributed by atoms with Crippen LogP contribution < -0.4 is 0 Å². The molecule has 2 aliphatic heterocycles. The molecule has 1 aromatic heterocycles. The van der Waals surface area contributed by atoms with Crippen molar-refractivity contribution in [3.63, 3.8) is 0 Å². The zero-order valence-electron chi connectivity index (χ0n) is 18.5. The molecule has 6 nitrogen and oxygen atoms in total. The zero-order chi connectivity index (χ0) is 22.2. The number of nitrogens with zero attached hydrogens (tertiary/aromatic N) is 2. The van der Waals surface area contributed by atoms with Crippen molar-refractivity contribution in [2.45, 2.75) is 45.3 Å². The van der Waals surface area contributed by atoms with Gasteiger partial charge in [0.25, 0.3) is 5.91 Å². The Morgan fingerprint density at radius 3 is 2.72 bits per heavy atom. The lowest BCUT2D eigenvalue weighted by molar-refractivity contribution is -0.0577. The van der Waals surface area contributed by atoms with E-state index >= 15 is 0 Å². The van der Waals surface area contributed by atoms with Crippen molar-refractivity contribution in [3.05, 3.63) is 76.4 Å². The number of benzene rings is 2. The first-order valence-electron chi connectivity index (χ1n) is 11.2. The van der Waals surface area contributed by atoms with Crippen LogP contribution in [0.2, 0.25) is 0 Å². The van der Waals surface area contributed by atoms with Crippen molar-refractivity contribution in [3.8, 4) is 11.3 Å². The van der Waals surface area contributed by atoms with Crippen molar-refractivity contribution in [2.75, 3.05) is 19.8 Å². The van der Waals surface area contributed by atoms with Gasteiger partial charge in [-0.05, 0) is 54.5 Å². The molecule has 1 N–H and O–H groups in total. The summed E-state index contributed by atoms with van der Waals surface area (Å²) in [4.78, 5) is 19.6. The van der Waals surface area contributed by atoms with E-state index in [0.717, 1.165) is 40.8 Å². The van der Waals surface area contributed by atoms with Crippen LogP contribution in [0.15, 0.2) is 47.1 Å². The summed E-state index contributed by atoms with van der Waals surface area (Å²) in [6.07, 6.45) is 3.30. The fourth-order valence-electron chi connectivity index (χ4n) is 4.81. The lowest BCUT2D eigenvalue weighted by Crippen LogP contribution is -2.53. The molecule has 5 rings (SSSR count). The van der Waals surface area contributed by atoms with Crippen LogP contribution in [0.25, 0.3) is 11.3 Å². The number of fused-ring (bicyclic) bond motifs is 1. The third-order valence-corrected chi connectivity index (χ3v) is 6.63. The molecule has 0 bridgehead atoms. The lowest BCUT2D eigenvalue weighted by atomic mass is 9.89. The number of aliphatic hydroxyl groups is 1. The SMILES string of the molecule is Cc1nc(-c2ccc(Cc3cc4c(cc3C)CCN([C@H]3CCOC[C@@H]3O)C4=O)cc2)co1. The smallest absolute Gasteiger partial charge is 0.254 e. The Morgan fingerprint density at radius 1 is 1.19 bits per heavy atom. The number of rotatable bonds is 4. The Hall–Kier alpha value is -2.96. The van der Waals surface area contributed by atoms with Gasteiger partial charge in [0, 0.05) is 31.2 Å². The quantitative estimate of drug-likeness (QED) is 0.680. The van der Waals surface area contributed by atoms with Gasteiger partial charge in [-0.3, -0.25) is 4.79 Å². The molecule has 0 spiro atoms. The first-order valence-corrected chi connectivity index (χ1v) is 11.2. The van der Waals surface area contributed by atoms with Gasteiger partial charge >= 0.3 is 0 Å². The normalized spacial score (nSPS) is 21.0. The minimum atomic E-state index is -0.619. The van der Waals surface area contributed by atoms with Crippen LogP contribution in [0.5, 0.6) is 0 Å². The standard InChI is InChI=1S/C26H28N2O4/c1-16-11-20-7-9-28(24-8-10-31-15-25(24)29)26(30)22(20)13-21(16)12-18-3-5-19(6-4-18)23-14-32-17(2)27-23/h3-6,11,13-14,24-25,29H,7-10,12,15H2,1-2H3/t24-,25-/m0/s1. The molecule has 2 atom stereocenters. The second-order valence-electron chi connectivity index (χ2n) is 8.81. The van der Waals surface area contributed by atoms with Gasteiger partial charge in [0.05, 0.1) is 18.8 Å². The third-order valence-electron chi connectivity index (χ3n) is 6.63. The highest BCUT2D eigenvalue weighted by atomic mass is 16.5. The highest BCUT2D eigenvalue weighted by Gasteiger charge is 2.35. The Labute approximate surface area is 187 Å². The van der Waals surface area contributed by atoms with E-state index in [1.165, 1.54) is 11.1 Å². The minimum Gasteiger partial charge on any atom is -0.449 e. The predicted octanol–water partition coefficient (Wildman–Crippen LogP) is 3.70. The molecule has 0 unspecified atom stereocenters. The molecule has 3 aromatic rings. The van der Waals surface area contributed by atoms with Gasteiger partial charge in [0.1, 0.15) is 12.0 Å². The van der Waals surface area contributed by atoms with Crippen LogP contribution >= 0.6 is 0 Å². The highest BCUT2D eigenvalue weighted by molar-refractivity contribution is 5.97. The fourth-order valence-corrected chi connectivity index (χ4v) is 4.81. The number of hydrogen-bond acceptors (Lipinski definition) is 5. The highest BCUT2D eigenvalue weighted by Crippen LogP contribution is 2.28. The fraction of sp³-hybridized carbons (Fsp3) is 0.385. The molecule has 2 aromatic carbocycles. The topological polar surface area (TPSA) is 75.8 Å². The number of carbonyl (C=O) groups excluding carboxylic acids is 1. The monoisotopic (exact) mass is 432 g/mol. The number of ether oxygens (including phenoxy) is 1. The van der Waals surface area contributed by atoms with Crippen LogP contribution in [0.4, 0.5) is 0 Å². The first kappa shape index (κ1) is 20.9. The van der Waals surface area contributed by atoms with E-state index in [2.05, 4.69) is 48.3 Å². The van der Waals surface area contributed by atoms with E-state index in [1.807, 2.05) is 11.8 Å². The van der Waals surface area contributed by atoms with Crippen molar-refractivity contribution in [1.29, 1.82) is 0 Å². The van der Waals surface area contributed by atoms with E-state index in [-0.39, 0.29) is 11.9 Å². The molecule has 0 saturated carbocycles. The second-order valence-corrected chi connectivity index (χ2v) is 8.81. The van der Waals surface area contributed by atoms with Crippen LogP contribution in [-0.4, -0.2) is 52.8 Å². The lowest BCUT2D eigenvalue weighted by Gasteiger charge is -2.40. The summed E-state index contributed by atoms with van der Waals surface area (Å²) < 4.78 is 10.7. The Morgan fingerprint density at radius 2 is 2.00 bits per heavy atom. The van der Waals surface area contributed by atoms with Crippen molar-refractivity contribution >= 4 is 5.91 Å². The molecule has 0 aliphatic carbocycles.